The Morgan fingerprint density at radius 3 is 2.50 bits per heavy atom. The standard InChI is InChI=1S/C11H12BrN.ClH/c12-11-3-1-9(2-4-11)7-10-5-6-13-8-10;/h1-4,7,13H,5-6,8H2;1H/b10-7+;. The summed E-state index contributed by atoms with van der Waals surface area (Å²) in [5, 5.41) is 3.33. The largest absolute Gasteiger partial charge is 0.313 e. The van der Waals surface area contributed by atoms with Crippen molar-refractivity contribution in [3.63, 3.8) is 0 Å². The van der Waals surface area contributed by atoms with Gasteiger partial charge in [0.05, 0.1) is 0 Å². The minimum atomic E-state index is 0. The van der Waals surface area contributed by atoms with Gasteiger partial charge in [0.1, 0.15) is 0 Å². The molecule has 0 aliphatic carbocycles. The Hall–Kier alpha value is -0.310. The third kappa shape index (κ3) is 3.12. The first-order chi connectivity index (χ1) is 6.34. The number of hydrogen-bond acceptors (Lipinski definition) is 1. The Labute approximate surface area is 99.1 Å². The van der Waals surface area contributed by atoms with Crippen LogP contribution in [0.4, 0.5) is 0 Å². The van der Waals surface area contributed by atoms with Gasteiger partial charge >= 0.3 is 0 Å². The lowest BCUT2D eigenvalue weighted by Crippen LogP contribution is -2.04. The molecule has 1 aliphatic rings. The molecular formula is C11H13BrClN. The van der Waals surface area contributed by atoms with Gasteiger partial charge in [0.2, 0.25) is 0 Å². The maximum atomic E-state index is 3.43. The van der Waals surface area contributed by atoms with Crippen LogP contribution in [0.5, 0.6) is 0 Å². The molecular weight excluding hydrogens is 261 g/mol. The van der Waals surface area contributed by atoms with E-state index in [-0.39, 0.29) is 12.4 Å². The molecule has 3 heteroatoms. The number of nitrogens with one attached hydrogen (secondary N) is 1. The van der Waals surface area contributed by atoms with Gasteiger partial charge in [-0.2, -0.15) is 0 Å². The maximum Gasteiger partial charge on any atom is 0.0175 e. The lowest BCUT2D eigenvalue weighted by Gasteiger charge is -1.96. The van der Waals surface area contributed by atoms with Crippen molar-refractivity contribution < 1.29 is 0 Å². The summed E-state index contributed by atoms with van der Waals surface area (Å²) in [5.41, 5.74) is 2.80. The van der Waals surface area contributed by atoms with Gasteiger partial charge in [-0.05, 0) is 30.7 Å². The number of benzene rings is 1. The highest BCUT2D eigenvalue weighted by Gasteiger charge is 2.04. The summed E-state index contributed by atoms with van der Waals surface area (Å²) < 4.78 is 1.14. The number of rotatable bonds is 1. The van der Waals surface area contributed by atoms with E-state index in [4.69, 9.17) is 0 Å². The van der Waals surface area contributed by atoms with Gasteiger partial charge in [-0.25, -0.2) is 0 Å². The van der Waals surface area contributed by atoms with Crippen LogP contribution in [0.2, 0.25) is 0 Å². The van der Waals surface area contributed by atoms with Gasteiger partial charge in [0, 0.05) is 11.0 Å². The average Bonchev–Trinajstić information content (AvgIpc) is 2.62. The van der Waals surface area contributed by atoms with Crippen molar-refractivity contribution in [2.24, 2.45) is 0 Å². The summed E-state index contributed by atoms with van der Waals surface area (Å²) in [6.45, 7) is 2.18. The summed E-state index contributed by atoms with van der Waals surface area (Å²) in [4.78, 5) is 0. The lowest BCUT2D eigenvalue weighted by atomic mass is 10.1. The Morgan fingerprint density at radius 1 is 1.21 bits per heavy atom. The van der Waals surface area contributed by atoms with E-state index in [0.717, 1.165) is 17.6 Å². The van der Waals surface area contributed by atoms with Crippen molar-refractivity contribution in [3.8, 4) is 0 Å². The molecule has 76 valence electrons. The van der Waals surface area contributed by atoms with Gasteiger partial charge in [0.15, 0.2) is 0 Å². The molecule has 0 radical (unpaired) electrons. The van der Waals surface area contributed by atoms with Crippen LogP contribution in [-0.4, -0.2) is 13.1 Å². The van der Waals surface area contributed by atoms with Crippen LogP contribution < -0.4 is 5.32 Å². The third-order valence-electron chi connectivity index (χ3n) is 2.22. The fourth-order valence-electron chi connectivity index (χ4n) is 1.50. The van der Waals surface area contributed by atoms with Crippen molar-refractivity contribution in [1.29, 1.82) is 0 Å². The van der Waals surface area contributed by atoms with E-state index < -0.39 is 0 Å². The average molecular weight is 275 g/mol. The summed E-state index contributed by atoms with van der Waals surface area (Å²) in [6.07, 6.45) is 3.46. The quantitative estimate of drug-likeness (QED) is 0.829. The highest BCUT2D eigenvalue weighted by Crippen LogP contribution is 2.15. The first kappa shape index (κ1) is 11.8. The van der Waals surface area contributed by atoms with Crippen molar-refractivity contribution in [3.05, 3.63) is 39.9 Å². The normalized spacial score (nSPS) is 18.2. The maximum absolute atomic E-state index is 3.43. The Balaban J connectivity index is 0.000000980. The lowest BCUT2D eigenvalue weighted by molar-refractivity contribution is 0.862. The van der Waals surface area contributed by atoms with Crippen LogP contribution in [0.3, 0.4) is 0 Å². The smallest absolute Gasteiger partial charge is 0.0175 e. The predicted molar refractivity (Wildman–Crippen MR) is 66.9 cm³/mol. The van der Waals surface area contributed by atoms with Crippen molar-refractivity contribution in [1.82, 2.24) is 5.32 Å². The highest BCUT2D eigenvalue weighted by atomic mass is 79.9. The molecule has 14 heavy (non-hydrogen) atoms. The Morgan fingerprint density at radius 2 is 1.93 bits per heavy atom. The molecule has 1 nitrogen and oxygen atoms in total. The number of halogens is 2. The van der Waals surface area contributed by atoms with Gasteiger partial charge in [0.25, 0.3) is 0 Å². The molecule has 0 amide bonds. The molecule has 0 spiro atoms. The molecule has 1 aliphatic heterocycles. The summed E-state index contributed by atoms with van der Waals surface area (Å²) in [5.74, 6) is 0. The minimum absolute atomic E-state index is 0. The Bertz CT molecular complexity index is 311. The van der Waals surface area contributed by atoms with Crippen LogP contribution in [0.15, 0.2) is 34.3 Å². The molecule has 0 bridgehead atoms. The molecule has 0 aromatic heterocycles. The second-order valence-electron chi connectivity index (χ2n) is 3.28. The van der Waals surface area contributed by atoms with E-state index in [2.05, 4.69) is 51.6 Å². The predicted octanol–water partition coefficient (Wildman–Crippen LogP) is 3.25. The second-order valence-corrected chi connectivity index (χ2v) is 4.20. The summed E-state index contributed by atoms with van der Waals surface area (Å²) in [7, 11) is 0. The van der Waals surface area contributed by atoms with E-state index in [1.165, 1.54) is 17.6 Å². The fraction of sp³-hybridized carbons (Fsp3) is 0.273. The van der Waals surface area contributed by atoms with Crippen molar-refractivity contribution in [2.75, 3.05) is 13.1 Å². The van der Waals surface area contributed by atoms with Gasteiger partial charge in [-0.1, -0.05) is 39.7 Å². The van der Waals surface area contributed by atoms with Crippen molar-refractivity contribution in [2.45, 2.75) is 6.42 Å². The zero-order valence-electron chi connectivity index (χ0n) is 7.79. The molecule has 0 atom stereocenters. The molecule has 1 aromatic rings. The van der Waals surface area contributed by atoms with E-state index in [1.54, 1.807) is 0 Å². The van der Waals surface area contributed by atoms with Crippen LogP contribution in [-0.2, 0) is 0 Å². The van der Waals surface area contributed by atoms with Gasteiger partial charge < -0.3 is 5.32 Å². The first-order valence-electron chi connectivity index (χ1n) is 4.50. The molecule has 1 heterocycles. The van der Waals surface area contributed by atoms with Crippen LogP contribution >= 0.6 is 28.3 Å². The first-order valence-corrected chi connectivity index (χ1v) is 5.29. The summed E-state index contributed by atoms with van der Waals surface area (Å²) in [6, 6.07) is 8.42. The van der Waals surface area contributed by atoms with Gasteiger partial charge in [-0.15, -0.1) is 12.4 Å². The van der Waals surface area contributed by atoms with Crippen LogP contribution in [0, 0.1) is 0 Å². The molecule has 0 saturated carbocycles. The third-order valence-corrected chi connectivity index (χ3v) is 2.74. The molecule has 1 aromatic carbocycles. The van der Waals surface area contributed by atoms with Crippen LogP contribution in [0.1, 0.15) is 12.0 Å². The van der Waals surface area contributed by atoms with Crippen molar-refractivity contribution >= 4 is 34.4 Å². The minimum Gasteiger partial charge on any atom is -0.313 e. The fourth-order valence-corrected chi connectivity index (χ4v) is 1.77. The Kier molecular flexibility index (Phi) is 4.66. The molecule has 1 N–H and O–H groups in total. The topological polar surface area (TPSA) is 12.0 Å². The zero-order valence-corrected chi connectivity index (χ0v) is 10.2. The van der Waals surface area contributed by atoms with E-state index in [9.17, 15) is 0 Å². The monoisotopic (exact) mass is 273 g/mol. The molecule has 1 saturated heterocycles. The SMILES string of the molecule is Brc1ccc(/C=C2\CCNC2)cc1.Cl. The van der Waals surface area contributed by atoms with E-state index >= 15 is 0 Å². The van der Waals surface area contributed by atoms with Gasteiger partial charge in [-0.3, -0.25) is 0 Å². The zero-order chi connectivity index (χ0) is 9.10. The van der Waals surface area contributed by atoms with E-state index in [0.29, 0.717) is 0 Å². The number of hydrogen-bond donors (Lipinski definition) is 1. The molecule has 1 fully saturated rings. The van der Waals surface area contributed by atoms with E-state index in [1.807, 2.05) is 0 Å². The second kappa shape index (κ2) is 5.54. The summed E-state index contributed by atoms with van der Waals surface area (Å²) >= 11 is 3.43. The van der Waals surface area contributed by atoms with Crippen LogP contribution in [0.25, 0.3) is 6.08 Å². The molecule has 2 rings (SSSR count). The molecule has 0 unspecified atom stereocenters. The highest BCUT2D eigenvalue weighted by molar-refractivity contribution is 9.10.